The molecule has 1 aromatic carbocycles. The number of hydrogen-bond acceptors (Lipinski definition) is 0. The second-order valence-electron chi connectivity index (χ2n) is 4.44. The molecule has 0 aliphatic heterocycles. The van der Waals surface area contributed by atoms with Crippen LogP contribution in [0.15, 0.2) is 24.3 Å². The zero-order valence-electron chi connectivity index (χ0n) is 8.76. The Hall–Kier alpha value is -0.200. The highest BCUT2D eigenvalue weighted by Gasteiger charge is 2.26. The summed E-state index contributed by atoms with van der Waals surface area (Å²) in [5, 5.41) is 0.810. The molecule has 0 bridgehead atoms. The molecule has 0 aromatic heterocycles. The summed E-state index contributed by atoms with van der Waals surface area (Å²) in [6, 6.07) is 8.15. The van der Waals surface area contributed by atoms with Crippen molar-refractivity contribution >= 4 is 23.2 Å². The second kappa shape index (κ2) is 5.23. The van der Waals surface area contributed by atoms with E-state index in [1.807, 2.05) is 12.1 Å². The van der Waals surface area contributed by atoms with Gasteiger partial charge in [0.15, 0.2) is 0 Å². The number of benzene rings is 1. The minimum Gasteiger partial charge on any atom is -0.126 e. The van der Waals surface area contributed by atoms with Gasteiger partial charge < -0.3 is 0 Å². The predicted octanol–water partition coefficient (Wildman–Crippen LogP) is 4.54. The van der Waals surface area contributed by atoms with E-state index < -0.39 is 0 Å². The van der Waals surface area contributed by atoms with Crippen molar-refractivity contribution in [1.82, 2.24) is 0 Å². The Morgan fingerprint density at radius 1 is 1.20 bits per heavy atom. The number of hydrogen-bond donors (Lipinski definition) is 0. The Labute approximate surface area is 102 Å². The van der Waals surface area contributed by atoms with E-state index in [4.69, 9.17) is 23.2 Å². The van der Waals surface area contributed by atoms with Crippen LogP contribution in [0.5, 0.6) is 0 Å². The summed E-state index contributed by atoms with van der Waals surface area (Å²) in [7, 11) is 0. The summed E-state index contributed by atoms with van der Waals surface area (Å²) in [6.45, 7) is 0. The highest BCUT2D eigenvalue weighted by Crippen LogP contribution is 2.35. The van der Waals surface area contributed by atoms with Gasteiger partial charge in [-0.05, 0) is 36.0 Å². The van der Waals surface area contributed by atoms with Crippen molar-refractivity contribution in [2.45, 2.75) is 25.7 Å². The molecule has 1 unspecified atom stereocenters. The maximum atomic E-state index is 6.03. The van der Waals surface area contributed by atoms with E-state index in [2.05, 4.69) is 12.1 Å². The fraction of sp³-hybridized carbons (Fsp3) is 0.538. The van der Waals surface area contributed by atoms with Crippen LogP contribution in [0.25, 0.3) is 0 Å². The second-order valence-corrected chi connectivity index (χ2v) is 5.18. The molecule has 2 heteroatoms. The van der Waals surface area contributed by atoms with Crippen molar-refractivity contribution in [1.29, 1.82) is 0 Å². The van der Waals surface area contributed by atoms with Crippen molar-refractivity contribution in [2.75, 3.05) is 5.88 Å². The lowest BCUT2D eigenvalue weighted by molar-refractivity contribution is 0.222. The Bertz CT molecular complexity index is 301. The zero-order valence-corrected chi connectivity index (χ0v) is 10.3. The summed E-state index contributed by atoms with van der Waals surface area (Å²) >= 11 is 11.9. The molecule has 15 heavy (non-hydrogen) atoms. The first-order chi connectivity index (χ1) is 7.29. The molecule has 0 saturated heterocycles. The van der Waals surface area contributed by atoms with Crippen LogP contribution < -0.4 is 0 Å². The molecule has 1 aromatic rings. The highest BCUT2D eigenvalue weighted by molar-refractivity contribution is 6.30. The third kappa shape index (κ3) is 2.89. The lowest BCUT2D eigenvalue weighted by atomic mass is 9.74. The van der Waals surface area contributed by atoms with E-state index >= 15 is 0 Å². The molecule has 0 N–H and O–H groups in total. The predicted molar refractivity (Wildman–Crippen MR) is 66.7 cm³/mol. The lowest BCUT2D eigenvalue weighted by Crippen LogP contribution is -2.25. The van der Waals surface area contributed by atoms with Gasteiger partial charge >= 0.3 is 0 Å². The molecule has 0 heterocycles. The number of rotatable bonds is 4. The highest BCUT2D eigenvalue weighted by atomic mass is 35.5. The quantitative estimate of drug-likeness (QED) is 0.681. The molecular formula is C13H16Cl2. The fourth-order valence-corrected chi connectivity index (χ4v) is 2.67. The largest absolute Gasteiger partial charge is 0.126 e. The van der Waals surface area contributed by atoms with E-state index in [-0.39, 0.29) is 0 Å². The summed E-state index contributed by atoms with van der Waals surface area (Å²) in [4.78, 5) is 0. The maximum Gasteiger partial charge on any atom is 0.0406 e. The Balaban J connectivity index is 1.96. The van der Waals surface area contributed by atoms with Gasteiger partial charge in [-0.1, -0.05) is 43.0 Å². The van der Waals surface area contributed by atoms with Gasteiger partial charge in [-0.15, -0.1) is 11.6 Å². The molecule has 1 saturated carbocycles. The Morgan fingerprint density at radius 2 is 1.87 bits per heavy atom. The van der Waals surface area contributed by atoms with Crippen LogP contribution in [-0.2, 0) is 6.42 Å². The third-order valence-corrected chi connectivity index (χ3v) is 4.07. The van der Waals surface area contributed by atoms with Gasteiger partial charge in [-0.25, -0.2) is 0 Å². The maximum absolute atomic E-state index is 6.03. The topological polar surface area (TPSA) is 0 Å². The molecule has 1 aliphatic carbocycles. The monoisotopic (exact) mass is 242 g/mol. The van der Waals surface area contributed by atoms with E-state index in [9.17, 15) is 0 Å². The molecule has 0 nitrogen and oxygen atoms in total. The van der Waals surface area contributed by atoms with E-state index in [0.29, 0.717) is 5.92 Å². The van der Waals surface area contributed by atoms with Crippen LogP contribution in [0, 0.1) is 11.8 Å². The molecule has 0 amide bonds. The average molecular weight is 243 g/mol. The first-order valence-corrected chi connectivity index (χ1v) is 6.51. The van der Waals surface area contributed by atoms with Crippen molar-refractivity contribution < 1.29 is 0 Å². The van der Waals surface area contributed by atoms with Gasteiger partial charge in [0.05, 0.1) is 0 Å². The van der Waals surface area contributed by atoms with Gasteiger partial charge in [0, 0.05) is 10.9 Å². The summed E-state index contributed by atoms with van der Waals surface area (Å²) in [5.74, 6) is 2.30. The van der Waals surface area contributed by atoms with Gasteiger partial charge in [0.2, 0.25) is 0 Å². The standard InChI is InChI=1S/C13H16Cl2/c14-9-12(11-2-1-3-11)8-10-4-6-13(15)7-5-10/h4-7,11-12H,1-3,8-9H2. The molecule has 2 rings (SSSR count). The molecule has 1 fully saturated rings. The average Bonchev–Trinajstić information content (AvgIpc) is 2.17. The third-order valence-electron chi connectivity index (χ3n) is 3.43. The van der Waals surface area contributed by atoms with E-state index in [1.54, 1.807) is 0 Å². The molecular weight excluding hydrogens is 227 g/mol. The Morgan fingerprint density at radius 3 is 2.33 bits per heavy atom. The van der Waals surface area contributed by atoms with Gasteiger partial charge in [0.1, 0.15) is 0 Å². The van der Waals surface area contributed by atoms with Crippen LogP contribution in [0.1, 0.15) is 24.8 Å². The first-order valence-electron chi connectivity index (χ1n) is 5.60. The summed E-state index contributed by atoms with van der Waals surface area (Å²) in [6.07, 6.45) is 5.22. The minimum absolute atomic E-state index is 0.654. The van der Waals surface area contributed by atoms with Crippen LogP contribution in [0.4, 0.5) is 0 Å². The molecule has 82 valence electrons. The van der Waals surface area contributed by atoms with Crippen molar-refractivity contribution in [2.24, 2.45) is 11.8 Å². The normalized spacial score (nSPS) is 18.5. The SMILES string of the molecule is ClCC(Cc1ccc(Cl)cc1)C1CCC1. The fourth-order valence-electron chi connectivity index (χ4n) is 2.18. The number of alkyl halides is 1. The van der Waals surface area contributed by atoms with Gasteiger partial charge in [-0.3, -0.25) is 0 Å². The van der Waals surface area contributed by atoms with Crippen LogP contribution in [0.3, 0.4) is 0 Å². The summed E-state index contributed by atoms with van der Waals surface area (Å²) < 4.78 is 0. The van der Waals surface area contributed by atoms with Crippen LogP contribution in [-0.4, -0.2) is 5.88 Å². The number of halogens is 2. The van der Waals surface area contributed by atoms with Crippen molar-refractivity contribution in [3.05, 3.63) is 34.9 Å². The molecule has 1 aliphatic rings. The molecule has 0 radical (unpaired) electrons. The smallest absolute Gasteiger partial charge is 0.0406 e. The minimum atomic E-state index is 0.654. The zero-order chi connectivity index (χ0) is 10.7. The molecule has 1 atom stereocenters. The van der Waals surface area contributed by atoms with Crippen LogP contribution >= 0.6 is 23.2 Å². The van der Waals surface area contributed by atoms with Gasteiger partial charge in [-0.2, -0.15) is 0 Å². The first kappa shape index (κ1) is 11.3. The van der Waals surface area contributed by atoms with E-state index in [0.717, 1.165) is 23.2 Å². The van der Waals surface area contributed by atoms with E-state index in [1.165, 1.54) is 24.8 Å². The van der Waals surface area contributed by atoms with Crippen molar-refractivity contribution in [3.63, 3.8) is 0 Å². The summed E-state index contributed by atoms with van der Waals surface area (Å²) in [5.41, 5.74) is 1.36. The van der Waals surface area contributed by atoms with Crippen molar-refractivity contribution in [3.8, 4) is 0 Å². The van der Waals surface area contributed by atoms with Crippen LogP contribution in [0.2, 0.25) is 5.02 Å². The Kier molecular flexibility index (Phi) is 3.93. The van der Waals surface area contributed by atoms with Gasteiger partial charge in [0.25, 0.3) is 0 Å². The lowest BCUT2D eigenvalue weighted by Gasteiger charge is -2.32. The molecule has 0 spiro atoms.